The largest absolute Gasteiger partial charge is 0.366 e. The fraction of sp³-hybridized carbons (Fsp3) is 0.455. The van der Waals surface area contributed by atoms with E-state index in [1.165, 1.54) is 43.6 Å². The van der Waals surface area contributed by atoms with Crippen molar-refractivity contribution in [3.05, 3.63) is 65.2 Å². The second-order valence-corrected chi connectivity index (χ2v) is 7.64. The Balaban J connectivity index is 1.62. The van der Waals surface area contributed by atoms with Crippen LogP contribution >= 0.6 is 0 Å². The van der Waals surface area contributed by atoms with Crippen molar-refractivity contribution in [2.75, 3.05) is 37.6 Å². The van der Waals surface area contributed by atoms with Crippen molar-refractivity contribution in [1.82, 2.24) is 0 Å². The number of fused-ring (bicyclic) bond motifs is 1. The van der Waals surface area contributed by atoms with Gasteiger partial charge < -0.3 is 9.80 Å². The Morgan fingerprint density at radius 3 is 2.42 bits per heavy atom. The molecule has 0 spiro atoms. The van der Waals surface area contributed by atoms with Gasteiger partial charge in [0.15, 0.2) is 0 Å². The fourth-order valence-corrected chi connectivity index (χ4v) is 4.54. The van der Waals surface area contributed by atoms with Gasteiger partial charge in [0.1, 0.15) is 11.6 Å². The molecule has 2 heterocycles. The van der Waals surface area contributed by atoms with E-state index in [4.69, 9.17) is 0 Å². The molecule has 1 N–H and O–H groups in total. The highest BCUT2D eigenvalue weighted by atomic mass is 19.1. The maximum absolute atomic E-state index is 14.0. The molecule has 0 aliphatic carbocycles. The van der Waals surface area contributed by atoms with Crippen molar-refractivity contribution in [3.8, 4) is 0 Å². The van der Waals surface area contributed by atoms with Crippen molar-refractivity contribution < 1.29 is 13.7 Å². The number of hydrogen-bond acceptors (Lipinski definition) is 1. The molecule has 26 heavy (non-hydrogen) atoms. The Labute approximate surface area is 154 Å². The first-order chi connectivity index (χ1) is 12.7. The Bertz CT molecular complexity index is 738. The summed E-state index contributed by atoms with van der Waals surface area (Å²) in [6, 6.07) is 12.0. The normalized spacial score (nSPS) is 20.8. The third-order valence-electron chi connectivity index (χ3n) is 5.95. The molecule has 1 fully saturated rings. The van der Waals surface area contributed by atoms with Gasteiger partial charge in [-0.1, -0.05) is 18.2 Å². The number of halogens is 2. The molecule has 0 unspecified atom stereocenters. The molecule has 2 aliphatic rings. The summed E-state index contributed by atoms with van der Waals surface area (Å²) in [4.78, 5) is 4.04. The molecule has 0 amide bonds. The predicted molar refractivity (Wildman–Crippen MR) is 101 cm³/mol. The molecule has 0 aromatic heterocycles. The minimum absolute atomic E-state index is 0.179. The number of benzene rings is 2. The molecule has 2 aromatic rings. The van der Waals surface area contributed by atoms with E-state index < -0.39 is 0 Å². The Hall–Kier alpha value is -1.94. The Morgan fingerprint density at radius 1 is 0.923 bits per heavy atom. The molecule has 0 radical (unpaired) electrons. The summed E-state index contributed by atoms with van der Waals surface area (Å²) in [5, 5.41) is 0. The monoisotopic (exact) mass is 357 g/mol. The van der Waals surface area contributed by atoms with E-state index in [1.807, 2.05) is 18.2 Å². The minimum Gasteiger partial charge on any atom is -0.366 e. The van der Waals surface area contributed by atoms with Crippen LogP contribution in [0, 0.1) is 11.6 Å². The SMILES string of the molecule is Fc1ccc([C@H]2CCCN(CC[NH+]3CCCC3)c3cc(F)ccc32)cc1. The van der Waals surface area contributed by atoms with Gasteiger partial charge in [0, 0.05) is 31.0 Å². The maximum Gasteiger partial charge on any atom is 0.125 e. The van der Waals surface area contributed by atoms with Gasteiger partial charge in [-0.05, 0) is 48.2 Å². The highest BCUT2D eigenvalue weighted by Gasteiger charge is 2.26. The van der Waals surface area contributed by atoms with E-state index >= 15 is 0 Å². The summed E-state index contributed by atoms with van der Waals surface area (Å²) in [6.45, 7) is 5.59. The Kier molecular flexibility index (Phi) is 5.21. The van der Waals surface area contributed by atoms with E-state index in [2.05, 4.69) is 4.90 Å². The van der Waals surface area contributed by atoms with Crippen molar-refractivity contribution in [1.29, 1.82) is 0 Å². The second-order valence-electron chi connectivity index (χ2n) is 7.64. The quantitative estimate of drug-likeness (QED) is 0.882. The zero-order valence-electron chi connectivity index (χ0n) is 15.2. The van der Waals surface area contributed by atoms with Crippen molar-refractivity contribution >= 4 is 5.69 Å². The minimum atomic E-state index is -0.211. The first-order valence-corrected chi connectivity index (χ1v) is 9.84. The lowest BCUT2D eigenvalue weighted by Gasteiger charge is -2.27. The van der Waals surface area contributed by atoms with Crippen LogP contribution in [-0.2, 0) is 0 Å². The summed E-state index contributed by atoms with van der Waals surface area (Å²) in [5.41, 5.74) is 3.31. The smallest absolute Gasteiger partial charge is 0.125 e. The molecule has 138 valence electrons. The van der Waals surface area contributed by atoms with Crippen molar-refractivity contribution in [3.63, 3.8) is 0 Å². The van der Waals surface area contributed by atoms with Crippen LogP contribution < -0.4 is 9.80 Å². The zero-order valence-corrected chi connectivity index (χ0v) is 15.2. The lowest BCUT2D eigenvalue weighted by molar-refractivity contribution is -0.885. The average molecular weight is 357 g/mol. The highest BCUT2D eigenvalue weighted by molar-refractivity contribution is 5.58. The van der Waals surface area contributed by atoms with E-state index in [-0.39, 0.29) is 17.6 Å². The van der Waals surface area contributed by atoms with Gasteiger partial charge in [0.2, 0.25) is 0 Å². The van der Waals surface area contributed by atoms with Crippen LogP contribution in [0.3, 0.4) is 0 Å². The van der Waals surface area contributed by atoms with E-state index in [0.717, 1.165) is 43.7 Å². The van der Waals surface area contributed by atoms with Crippen LogP contribution in [0.15, 0.2) is 42.5 Å². The first-order valence-electron chi connectivity index (χ1n) is 9.84. The number of nitrogens with one attached hydrogen (secondary N) is 1. The number of quaternary nitrogens is 1. The van der Waals surface area contributed by atoms with Gasteiger partial charge in [-0.15, -0.1) is 0 Å². The molecular weight excluding hydrogens is 330 g/mol. The van der Waals surface area contributed by atoms with Crippen LogP contribution in [-0.4, -0.2) is 32.7 Å². The highest BCUT2D eigenvalue weighted by Crippen LogP contribution is 2.38. The zero-order chi connectivity index (χ0) is 17.9. The molecule has 1 saturated heterocycles. The van der Waals surface area contributed by atoms with Crippen molar-refractivity contribution in [2.45, 2.75) is 31.6 Å². The predicted octanol–water partition coefficient (Wildman–Crippen LogP) is 3.38. The molecule has 0 bridgehead atoms. The van der Waals surface area contributed by atoms with E-state index in [0.29, 0.717) is 0 Å². The summed E-state index contributed by atoms with van der Waals surface area (Å²) >= 11 is 0. The molecule has 4 rings (SSSR count). The third kappa shape index (κ3) is 3.75. The number of rotatable bonds is 4. The van der Waals surface area contributed by atoms with E-state index in [9.17, 15) is 8.78 Å². The molecule has 1 atom stereocenters. The first kappa shape index (κ1) is 17.5. The van der Waals surface area contributed by atoms with Gasteiger partial charge in [-0.25, -0.2) is 8.78 Å². The van der Waals surface area contributed by atoms with Gasteiger partial charge >= 0.3 is 0 Å². The number of anilines is 1. The van der Waals surface area contributed by atoms with Crippen LogP contribution in [0.5, 0.6) is 0 Å². The van der Waals surface area contributed by atoms with Gasteiger partial charge in [0.05, 0.1) is 26.2 Å². The lowest BCUT2D eigenvalue weighted by Crippen LogP contribution is -3.10. The molecule has 2 aliphatic heterocycles. The maximum atomic E-state index is 14.0. The number of likely N-dealkylation sites (tertiary alicyclic amines) is 1. The summed E-state index contributed by atoms with van der Waals surface area (Å²) in [7, 11) is 0. The molecule has 2 nitrogen and oxygen atoms in total. The summed E-state index contributed by atoms with van der Waals surface area (Å²) in [6.07, 6.45) is 4.73. The lowest BCUT2D eigenvalue weighted by atomic mass is 9.87. The molecular formula is C22H27F2N2+. The average Bonchev–Trinajstić information content (AvgIpc) is 3.10. The van der Waals surface area contributed by atoms with E-state index in [1.54, 1.807) is 17.0 Å². The number of nitrogens with zero attached hydrogens (tertiary/aromatic N) is 1. The van der Waals surface area contributed by atoms with Gasteiger partial charge in [0.25, 0.3) is 0 Å². The van der Waals surface area contributed by atoms with Gasteiger partial charge in [-0.2, -0.15) is 0 Å². The molecule has 2 aromatic carbocycles. The van der Waals surface area contributed by atoms with Gasteiger partial charge in [-0.3, -0.25) is 0 Å². The topological polar surface area (TPSA) is 7.68 Å². The third-order valence-corrected chi connectivity index (χ3v) is 5.95. The summed E-state index contributed by atoms with van der Waals surface area (Å²) in [5.74, 6) is -0.186. The van der Waals surface area contributed by atoms with Crippen LogP contribution in [0.4, 0.5) is 14.5 Å². The standard InChI is InChI=1S/C22H26F2N2/c23-18-7-5-17(6-8-18)20-4-3-13-26(15-14-25-11-1-2-12-25)22-16-19(24)9-10-21(20)22/h5-10,16,20H,1-4,11-15H2/p+1/t20-/m1/s1. The van der Waals surface area contributed by atoms with Crippen LogP contribution in [0.25, 0.3) is 0 Å². The Morgan fingerprint density at radius 2 is 1.65 bits per heavy atom. The second kappa shape index (κ2) is 7.75. The molecule has 0 saturated carbocycles. The molecule has 4 heteroatoms. The fourth-order valence-electron chi connectivity index (χ4n) is 4.54. The number of hydrogen-bond donors (Lipinski definition) is 1. The van der Waals surface area contributed by atoms with Crippen molar-refractivity contribution in [2.24, 2.45) is 0 Å². The summed E-state index contributed by atoms with van der Waals surface area (Å²) < 4.78 is 27.4. The van der Waals surface area contributed by atoms with Crippen LogP contribution in [0.2, 0.25) is 0 Å². The van der Waals surface area contributed by atoms with Crippen LogP contribution in [0.1, 0.15) is 42.7 Å².